The molecule has 0 saturated carbocycles. The smallest absolute Gasteiger partial charge is 0.165 e. The summed E-state index contributed by atoms with van der Waals surface area (Å²) in [5.41, 5.74) is 6.47. The van der Waals surface area contributed by atoms with Crippen molar-refractivity contribution in [2.45, 2.75) is 13.0 Å². The zero-order valence-corrected chi connectivity index (χ0v) is 7.67. The first-order valence-corrected chi connectivity index (χ1v) is 4.40. The Morgan fingerprint density at radius 3 is 2.93 bits per heavy atom. The molecule has 72 valence electrons. The van der Waals surface area contributed by atoms with Crippen LogP contribution in [0.5, 0.6) is 0 Å². The van der Waals surface area contributed by atoms with E-state index in [0.29, 0.717) is 12.4 Å². The van der Waals surface area contributed by atoms with E-state index in [2.05, 4.69) is 15.2 Å². The van der Waals surface area contributed by atoms with Crippen molar-refractivity contribution in [2.24, 2.45) is 0 Å². The highest BCUT2D eigenvalue weighted by molar-refractivity contribution is 5.19. The topological polar surface area (TPSA) is 69.6 Å². The third-order valence-electron chi connectivity index (χ3n) is 1.85. The van der Waals surface area contributed by atoms with Gasteiger partial charge in [-0.25, -0.2) is 0 Å². The van der Waals surface area contributed by atoms with Gasteiger partial charge in [0.1, 0.15) is 0 Å². The summed E-state index contributed by atoms with van der Waals surface area (Å²) < 4.78 is 0. The zero-order chi connectivity index (χ0) is 9.80. The number of nitrogen functional groups attached to an aromatic ring is 1. The van der Waals surface area contributed by atoms with Crippen LogP contribution in [0.1, 0.15) is 5.69 Å². The van der Waals surface area contributed by atoms with Gasteiger partial charge in [0.2, 0.25) is 0 Å². The Hall–Kier alpha value is -1.91. The fraction of sp³-hybridized carbons (Fsp3) is 0.222. The molecule has 0 aliphatic rings. The summed E-state index contributed by atoms with van der Waals surface area (Å²) in [7, 11) is 0. The maximum absolute atomic E-state index is 5.44. The molecule has 0 radical (unpaired) electrons. The van der Waals surface area contributed by atoms with E-state index in [0.717, 1.165) is 12.1 Å². The second kappa shape index (κ2) is 3.87. The van der Waals surface area contributed by atoms with Crippen LogP contribution in [0.2, 0.25) is 0 Å². The molecule has 2 aromatic heterocycles. The molecular weight excluding hydrogens is 178 g/mol. The minimum absolute atomic E-state index is 0.450. The third-order valence-corrected chi connectivity index (χ3v) is 1.85. The molecule has 2 rings (SSSR count). The van der Waals surface area contributed by atoms with Gasteiger partial charge in [-0.05, 0) is 12.1 Å². The average Bonchev–Trinajstić information content (AvgIpc) is 2.63. The van der Waals surface area contributed by atoms with Gasteiger partial charge in [-0.1, -0.05) is 6.07 Å². The monoisotopic (exact) mass is 189 g/mol. The van der Waals surface area contributed by atoms with Gasteiger partial charge < -0.3 is 5.73 Å². The van der Waals surface area contributed by atoms with Crippen LogP contribution in [0.3, 0.4) is 0 Å². The highest BCUT2D eigenvalue weighted by atomic mass is 15.5. The summed E-state index contributed by atoms with van der Waals surface area (Å²) in [5, 5.41) is 7.96. The van der Waals surface area contributed by atoms with Crippen molar-refractivity contribution in [3.8, 4) is 0 Å². The standard InChI is InChI=1S/C9H11N5/c10-9-7-12-14(13-9)6-4-8-3-1-2-5-11-8/h1-3,5,7H,4,6H2,(H2,10,13). The zero-order valence-electron chi connectivity index (χ0n) is 7.67. The Morgan fingerprint density at radius 1 is 1.36 bits per heavy atom. The highest BCUT2D eigenvalue weighted by Crippen LogP contribution is 1.97. The number of nitrogens with two attached hydrogens (primary N) is 1. The molecular formula is C9H11N5. The molecule has 5 nitrogen and oxygen atoms in total. The van der Waals surface area contributed by atoms with Gasteiger partial charge >= 0.3 is 0 Å². The quantitative estimate of drug-likeness (QED) is 0.763. The first kappa shape index (κ1) is 8.68. The van der Waals surface area contributed by atoms with Crippen molar-refractivity contribution in [2.75, 3.05) is 5.73 Å². The molecule has 2 aromatic rings. The number of pyridine rings is 1. The first-order valence-electron chi connectivity index (χ1n) is 4.40. The van der Waals surface area contributed by atoms with Gasteiger partial charge in [0.25, 0.3) is 0 Å². The van der Waals surface area contributed by atoms with Crippen LogP contribution < -0.4 is 5.73 Å². The van der Waals surface area contributed by atoms with Crippen LogP contribution in [-0.2, 0) is 13.0 Å². The van der Waals surface area contributed by atoms with E-state index in [9.17, 15) is 0 Å². The Labute approximate surface area is 81.6 Å². The Kier molecular flexibility index (Phi) is 2.40. The molecule has 2 N–H and O–H groups in total. The van der Waals surface area contributed by atoms with E-state index in [-0.39, 0.29) is 0 Å². The number of rotatable bonds is 3. The van der Waals surface area contributed by atoms with Gasteiger partial charge in [0, 0.05) is 18.3 Å². The van der Waals surface area contributed by atoms with Gasteiger partial charge in [-0.2, -0.15) is 9.90 Å². The van der Waals surface area contributed by atoms with Crippen LogP contribution in [0.15, 0.2) is 30.6 Å². The number of hydrogen-bond acceptors (Lipinski definition) is 4. The molecule has 0 aliphatic carbocycles. The molecule has 0 fully saturated rings. The van der Waals surface area contributed by atoms with E-state index in [4.69, 9.17) is 5.73 Å². The minimum atomic E-state index is 0.450. The Balaban J connectivity index is 1.95. The molecule has 0 unspecified atom stereocenters. The van der Waals surface area contributed by atoms with E-state index < -0.39 is 0 Å². The van der Waals surface area contributed by atoms with Crippen molar-refractivity contribution in [3.05, 3.63) is 36.3 Å². The van der Waals surface area contributed by atoms with Crippen LogP contribution in [0.25, 0.3) is 0 Å². The molecule has 0 spiro atoms. The van der Waals surface area contributed by atoms with Crippen LogP contribution in [0.4, 0.5) is 5.82 Å². The molecule has 0 saturated heterocycles. The van der Waals surface area contributed by atoms with Crippen LogP contribution in [0, 0.1) is 0 Å². The van der Waals surface area contributed by atoms with Gasteiger partial charge in [-0.3, -0.25) is 4.98 Å². The molecule has 5 heteroatoms. The van der Waals surface area contributed by atoms with Crippen molar-refractivity contribution in [3.63, 3.8) is 0 Å². The van der Waals surface area contributed by atoms with Crippen molar-refractivity contribution in [1.82, 2.24) is 20.0 Å². The molecule has 0 aromatic carbocycles. The van der Waals surface area contributed by atoms with Crippen molar-refractivity contribution < 1.29 is 0 Å². The average molecular weight is 189 g/mol. The summed E-state index contributed by atoms with van der Waals surface area (Å²) >= 11 is 0. The lowest BCUT2D eigenvalue weighted by atomic mass is 10.3. The summed E-state index contributed by atoms with van der Waals surface area (Å²) in [4.78, 5) is 5.77. The molecule has 0 atom stereocenters. The fourth-order valence-corrected chi connectivity index (χ4v) is 1.18. The number of aromatic nitrogens is 4. The predicted molar refractivity (Wildman–Crippen MR) is 52.4 cm³/mol. The van der Waals surface area contributed by atoms with Crippen LogP contribution in [-0.4, -0.2) is 20.0 Å². The molecule has 0 bridgehead atoms. The normalized spacial score (nSPS) is 10.3. The van der Waals surface area contributed by atoms with Crippen molar-refractivity contribution >= 4 is 5.82 Å². The molecule has 0 aliphatic heterocycles. The molecule has 2 heterocycles. The van der Waals surface area contributed by atoms with E-state index in [1.165, 1.54) is 0 Å². The largest absolute Gasteiger partial charge is 0.381 e. The van der Waals surface area contributed by atoms with Crippen molar-refractivity contribution in [1.29, 1.82) is 0 Å². The Bertz CT molecular complexity index is 395. The lowest BCUT2D eigenvalue weighted by Gasteiger charge is -1.98. The van der Waals surface area contributed by atoms with Gasteiger partial charge in [0.15, 0.2) is 5.82 Å². The van der Waals surface area contributed by atoms with E-state index in [1.807, 2.05) is 18.2 Å². The summed E-state index contributed by atoms with van der Waals surface area (Å²) in [5.74, 6) is 0.450. The minimum Gasteiger partial charge on any atom is -0.381 e. The maximum Gasteiger partial charge on any atom is 0.165 e. The number of anilines is 1. The lowest BCUT2D eigenvalue weighted by molar-refractivity contribution is 0.534. The SMILES string of the molecule is Nc1cnn(CCc2ccccn2)n1. The Morgan fingerprint density at radius 2 is 2.29 bits per heavy atom. The first-order chi connectivity index (χ1) is 6.84. The second-order valence-electron chi connectivity index (χ2n) is 2.94. The number of hydrogen-bond donors (Lipinski definition) is 1. The molecule has 14 heavy (non-hydrogen) atoms. The van der Waals surface area contributed by atoms with E-state index in [1.54, 1.807) is 17.2 Å². The molecule has 0 amide bonds. The third kappa shape index (κ3) is 2.07. The maximum atomic E-state index is 5.44. The van der Waals surface area contributed by atoms with Crippen LogP contribution >= 0.6 is 0 Å². The fourth-order valence-electron chi connectivity index (χ4n) is 1.18. The number of nitrogens with zero attached hydrogens (tertiary/aromatic N) is 4. The second-order valence-corrected chi connectivity index (χ2v) is 2.94. The van der Waals surface area contributed by atoms with E-state index >= 15 is 0 Å². The van der Waals surface area contributed by atoms with Gasteiger partial charge in [0.05, 0.1) is 12.7 Å². The summed E-state index contributed by atoms with van der Waals surface area (Å²) in [6, 6.07) is 5.84. The summed E-state index contributed by atoms with van der Waals surface area (Å²) in [6.07, 6.45) is 4.13. The highest BCUT2D eigenvalue weighted by Gasteiger charge is 1.97. The van der Waals surface area contributed by atoms with Gasteiger partial charge in [-0.15, -0.1) is 5.10 Å². The number of aryl methyl sites for hydroxylation is 2. The summed E-state index contributed by atoms with van der Waals surface area (Å²) in [6.45, 7) is 0.703. The predicted octanol–water partition coefficient (Wildman–Crippen LogP) is 0.498. The lowest BCUT2D eigenvalue weighted by Crippen LogP contribution is -2.06.